The second kappa shape index (κ2) is 11.3. The summed E-state index contributed by atoms with van der Waals surface area (Å²) in [4.78, 5) is 12.0. The van der Waals surface area contributed by atoms with Gasteiger partial charge in [-0.1, -0.05) is 38.1 Å². The zero-order valence-corrected chi connectivity index (χ0v) is 20.2. The Labute approximate surface area is 213 Å². The normalized spacial score (nSPS) is 12.9. The highest BCUT2D eigenvalue weighted by molar-refractivity contribution is 5.78. The van der Waals surface area contributed by atoms with Crippen LogP contribution >= 0.6 is 0 Å². The minimum atomic E-state index is -5.06. The van der Waals surface area contributed by atoms with E-state index in [9.17, 15) is 40.6 Å². The average molecular weight is 544 g/mol. The lowest BCUT2D eigenvalue weighted by Gasteiger charge is -2.18. The Kier molecular flexibility index (Phi) is 8.58. The number of hydrogen-bond donors (Lipinski definition) is 1. The number of ether oxygens (including phenoxy) is 2. The number of benzene rings is 3. The van der Waals surface area contributed by atoms with Crippen molar-refractivity contribution in [1.82, 2.24) is 0 Å². The molecule has 0 saturated heterocycles. The average Bonchev–Trinajstić information content (AvgIpc) is 2.81. The molecule has 0 aliphatic carbocycles. The quantitative estimate of drug-likeness (QED) is 0.276. The maximum absolute atomic E-state index is 14.1. The second-order valence-electron chi connectivity index (χ2n) is 8.99. The first-order chi connectivity index (χ1) is 17.6. The van der Waals surface area contributed by atoms with Crippen LogP contribution in [0.3, 0.4) is 0 Å². The number of aliphatic carboxylic acids is 1. The lowest BCUT2D eigenvalue weighted by atomic mass is 9.88. The summed E-state index contributed by atoms with van der Waals surface area (Å²) in [5.74, 6) is -4.16. The topological polar surface area (TPSA) is 55.8 Å². The summed E-state index contributed by atoms with van der Waals surface area (Å²) < 4.78 is 99.5. The Bertz CT molecular complexity index is 1270. The molecule has 0 bridgehead atoms. The molecular formula is C27H23F7O4. The van der Waals surface area contributed by atoms with Gasteiger partial charge >= 0.3 is 18.5 Å². The molecule has 0 amide bonds. The monoisotopic (exact) mass is 544 g/mol. The van der Waals surface area contributed by atoms with Crippen LogP contribution in [-0.4, -0.2) is 17.4 Å². The van der Waals surface area contributed by atoms with Crippen LogP contribution in [0, 0.1) is 11.7 Å². The molecule has 1 N–H and O–H groups in total. The molecule has 0 aliphatic rings. The number of carbonyl (C=O) groups is 1. The Balaban J connectivity index is 1.95. The minimum absolute atomic E-state index is 0.00982. The molecular weight excluding hydrogens is 521 g/mol. The second-order valence-corrected chi connectivity index (χ2v) is 8.99. The van der Waals surface area contributed by atoms with Gasteiger partial charge in [-0.15, -0.1) is 13.2 Å². The zero-order chi connectivity index (χ0) is 28.3. The highest BCUT2D eigenvalue weighted by Gasteiger charge is 2.32. The van der Waals surface area contributed by atoms with Gasteiger partial charge in [-0.3, -0.25) is 4.79 Å². The number of carboxylic acid groups (broad SMARTS) is 1. The highest BCUT2D eigenvalue weighted by atomic mass is 19.4. The van der Waals surface area contributed by atoms with Crippen molar-refractivity contribution in [3.8, 4) is 22.6 Å². The van der Waals surface area contributed by atoms with E-state index < -0.39 is 41.6 Å². The van der Waals surface area contributed by atoms with Gasteiger partial charge in [0.1, 0.15) is 12.4 Å². The summed E-state index contributed by atoms with van der Waals surface area (Å²) in [6.07, 6.45) is -9.32. The number of rotatable bonds is 9. The molecule has 0 aromatic heterocycles. The van der Waals surface area contributed by atoms with Crippen molar-refractivity contribution in [3.63, 3.8) is 0 Å². The summed E-state index contributed by atoms with van der Waals surface area (Å²) in [5, 5.41) is 9.80. The van der Waals surface area contributed by atoms with E-state index in [2.05, 4.69) is 4.74 Å². The van der Waals surface area contributed by atoms with Crippen molar-refractivity contribution in [2.75, 3.05) is 0 Å². The van der Waals surface area contributed by atoms with Gasteiger partial charge in [0.2, 0.25) is 0 Å². The molecule has 0 fully saturated rings. The van der Waals surface area contributed by atoms with Crippen molar-refractivity contribution in [2.45, 2.75) is 45.3 Å². The number of halogens is 7. The third-order valence-corrected chi connectivity index (χ3v) is 5.51. The summed E-state index contributed by atoms with van der Waals surface area (Å²) in [6, 6.07) is 11.6. The van der Waals surface area contributed by atoms with Gasteiger partial charge in [0, 0.05) is 0 Å². The molecule has 0 aliphatic heterocycles. The van der Waals surface area contributed by atoms with Gasteiger partial charge < -0.3 is 14.6 Å². The van der Waals surface area contributed by atoms with E-state index in [-0.39, 0.29) is 30.3 Å². The van der Waals surface area contributed by atoms with Crippen molar-refractivity contribution in [2.24, 2.45) is 5.92 Å². The summed E-state index contributed by atoms with van der Waals surface area (Å²) in [7, 11) is 0. The smallest absolute Gasteiger partial charge is 0.489 e. The maximum atomic E-state index is 14.1. The lowest BCUT2D eigenvalue weighted by Crippen LogP contribution is -2.18. The molecule has 3 rings (SSSR count). The minimum Gasteiger partial charge on any atom is -0.489 e. The van der Waals surface area contributed by atoms with Gasteiger partial charge in [-0.25, -0.2) is 4.39 Å². The molecule has 1 unspecified atom stereocenters. The molecule has 0 spiro atoms. The predicted molar refractivity (Wildman–Crippen MR) is 124 cm³/mol. The van der Waals surface area contributed by atoms with Crippen LogP contribution in [0.25, 0.3) is 11.1 Å². The third-order valence-electron chi connectivity index (χ3n) is 5.51. The van der Waals surface area contributed by atoms with Crippen LogP contribution in [-0.2, 0) is 17.6 Å². The van der Waals surface area contributed by atoms with E-state index in [1.54, 1.807) is 6.07 Å². The van der Waals surface area contributed by atoms with E-state index in [0.29, 0.717) is 16.7 Å². The first-order valence-corrected chi connectivity index (χ1v) is 11.3. The van der Waals surface area contributed by atoms with Gasteiger partial charge in [0.15, 0.2) is 11.6 Å². The van der Waals surface area contributed by atoms with E-state index in [1.165, 1.54) is 30.3 Å². The standard InChI is InChI=1S/C27H23F7O4/c1-15(2)9-22(25(35)36)19-11-18(17-4-6-20(7-5-17)26(29,30)31)12-21(13-19)37-14-16-3-8-24(23(28)10-16)38-27(32,33)34/h3-8,10-13,15,22H,9,14H2,1-2H3,(H,35,36). The molecule has 3 aromatic carbocycles. The van der Waals surface area contributed by atoms with Crippen LogP contribution in [0.5, 0.6) is 11.5 Å². The highest BCUT2D eigenvalue weighted by Crippen LogP contribution is 2.35. The van der Waals surface area contributed by atoms with Crippen LogP contribution in [0.15, 0.2) is 60.7 Å². The molecule has 204 valence electrons. The maximum Gasteiger partial charge on any atom is 0.573 e. The van der Waals surface area contributed by atoms with E-state index in [0.717, 1.165) is 24.3 Å². The molecule has 3 aromatic rings. The summed E-state index contributed by atoms with van der Waals surface area (Å²) >= 11 is 0. The molecule has 38 heavy (non-hydrogen) atoms. The first kappa shape index (κ1) is 28.8. The fraction of sp³-hybridized carbons (Fsp3) is 0.296. The number of carboxylic acids is 1. The van der Waals surface area contributed by atoms with Crippen LogP contribution in [0.2, 0.25) is 0 Å². The largest absolute Gasteiger partial charge is 0.573 e. The van der Waals surface area contributed by atoms with Crippen molar-refractivity contribution < 1.29 is 50.1 Å². The van der Waals surface area contributed by atoms with Crippen LogP contribution < -0.4 is 9.47 Å². The molecule has 4 nitrogen and oxygen atoms in total. The van der Waals surface area contributed by atoms with Gasteiger partial charge in [-0.05, 0) is 71.0 Å². The first-order valence-electron chi connectivity index (χ1n) is 11.3. The van der Waals surface area contributed by atoms with E-state index in [1.807, 2.05) is 13.8 Å². The van der Waals surface area contributed by atoms with Crippen LogP contribution in [0.1, 0.15) is 42.9 Å². The van der Waals surface area contributed by atoms with Gasteiger partial charge in [0.25, 0.3) is 0 Å². The van der Waals surface area contributed by atoms with Gasteiger partial charge in [0.05, 0.1) is 11.5 Å². The molecule has 0 heterocycles. The van der Waals surface area contributed by atoms with Gasteiger partial charge in [-0.2, -0.15) is 13.2 Å². The Morgan fingerprint density at radius 2 is 1.55 bits per heavy atom. The predicted octanol–water partition coefficient (Wildman–Crippen LogP) is 8.20. The Morgan fingerprint density at radius 1 is 0.895 bits per heavy atom. The fourth-order valence-corrected chi connectivity index (χ4v) is 3.78. The Morgan fingerprint density at radius 3 is 2.08 bits per heavy atom. The van der Waals surface area contributed by atoms with E-state index in [4.69, 9.17) is 4.74 Å². The van der Waals surface area contributed by atoms with Crippen LogP contribution in [0.4, 0.5) is 30.7 Å². The van der Waals surface area contributed by atoms with Crippen molar-refractivity contribution in [1.29, 1.82) is 0 Å². The SMILES string of the molecule is CC(C)CC(C(=O)O)c1cc(OCc2ccc(OC(F)(F)F)c(F)c2)cc(-c2ccc(C(F)(F)F)cc2)c1. The summed E-state index contributed by atoms with van der Waals surface area (Å²) in [5.41, 5.74) is 0.422. The number of alkyl halides is 6. The lowest BCUT2D eigenvalue weighted by molar-refractivity contribution is -0.275. The molecule has 1 atom stereocenters. The third kappa shape index (κ3) is 7.87. The molecule has 11 heteroatoms. The fourth-order valence-electron chi connectivity index (χ4n) is 3.78. The number of hydrogen-bond acceptors (Lipinski definition) is 3. The van der Waals surface area contributed by atoms with Crippen molar-refractivity contribution >= 4 is 5.97 Å². The zero-order valence-electron chi connectivity index (χ0n) is 20.2. The molecule has 0 saturated carbocycles. The Hall–Kier alpha value is -3.76. The summed E-state index contributed by atoms with van der Waals surface area (Å²) in [6.45, 7) is 3.39. The molecule has 0 radical (unpaired) electrons. The van der Waals surface area contributed by atoms with E-state index >= 15 is 0 Å². The van der Waals surface area contributed by atoms with Crippen molar-refractivity contribution in [3.05, 3.63) is 83.2 Å².